The lowest BCUT2D eigenvalue weighted by atomic mass is 10.0. The Hall–Kier alpha value is -1.21. The van der Waals surface area contributed by atoms with Crippen LogP contribution in [0.1, 0.15) is 5.56 Å². The molecule has 0 aromatic heterocycles. The number of hydrogen-bond donors (Lipinski definition) is 1. The Bertz CT molecular complexity index is 432. The van der Waals surface area contributed by atoms with Crippen LogP contribution in [0.3, 0.4) is 0 Å². The van der Waals surface area contributed by atoms with Gasteiger partial charge in [-0.25, -0.2) is 0 Å². The molecule has 0 unspecified atom stereocenters. The normalized spacial score (nSPS) is 10.1. The van der Waals surface area contributed by atoms with E-state index in [4.69, 9.17) is 0 Å². The van der Waals surface area contributed by atoms with Crippen molar-refractivity contribution < 1.29 is 0 Å². The van der Waals surface area contributed by atoms with E-state index in [9.17, 15) is 0 Å². The highest BCUT2D eigenvalue weighted by Gasteiger charge is 1.98. The average Bonchev–Trinajstić information content (AvgIpc) is 2.23. The predicted octanol–water partition coefficient (Wildman–Crippen LogP) is 3.95. The lowest BCUT2D eigenvalue weighted by molar-refractivity contribution is 1.31. The smallest absolute Gasteiger partial charge is 0.00696 e. The summed E-state index contributed by atoms with van der Waals surface area (Å²) in [5.74, 6) is 0. The summed E-state index contributed by atoms with van der Waals surface area (Å²) in [4.78, 5) is 1.05. The first kappa shape index (κ1) is 9.35. The van der Waals surface area contributed by atoms with Gasteiger partial charge in [-0.15, -0.1) is 12.6 Å². The molecular formula is C13H12S. The van der Waals surface area contributed by atoms with Gasteiger partial charge in [-0.3, -0.25) is 0 Å². The quantitative estimate of drug-likeness (QED) is 0.662. The van der Waals surface area contributed by atoms with Gasteiger partial charge in [0.2, 0.25) is 0 Å². The van der Waals surface area contributed by atoms with Gasteiger partial charge in [0.1, 0.15) is 0 Å². The second kappa shape index (κ2) is 3.89. The molecule has 0 bridgehead atoms. The minimum absolute atomic E-state index is 1.05. The van der Waals surface area contributed by atoms with E-state index < -0.39 is 0 Å². The van der Waals surface area contributed by atoms with Crippen LogP contribution in [-0.2, 0) is 0 Å². The minimum Gasteiger partial charge on any atom is -0.143 e. The van der Waals surface area contributed by atoms with Crippen molar-refractivity contribution in [2.45, 2.75) is 11.8 Å². The molecule has 0 nitrogen and oxygen atoms in total. The Balaban J connectivity index is 2.48. The fourth-order valence-electron chi connectivity index (χ4n) is 1.47. The van der Waals surface area contributed by atoms with E-state index in [1.165, 1.54) is 16.7 Å². The molecule has 0 aliphatic carbocycles. The van der Waals surface area contributed by atoms with Gasteiger partial charge in [0.15, 0.2) is 0 Å². The van der Waals surface area contributed by atoms with Crippen LogP contribution < -0.4 is 0 Å². The van der Waals surface area contributed by atoms with Gasteiger partial charge < -0.3 is 0 Å². The van der Waals surface area contributed by atoms with E-state index in [1.54, 1.807) is 0 Å². The molecule has 1 heteroatoms. The van der Waals surface area contributed by atoms with Crippen molar-refractivity contribution in [3.8, 4) is 11.1 Å². The van der Waals surface area contributed by atoms with Crippen molar-refractivity contribution in [1.82, 2.24) is 0 Å². The summed E-state index contributed by atoms with van der Waals surface area (Å²) in [7, 11) is 0. The maximum atomic E-state index is 4.36. The molecule has 0 amide bonds. The van der Waals surface area contributed by atoms with Crippen LogP contribution in [0.15, 0.2) is 53.4 Å². The Kier molecular flexibility index (Phi) is 2.60. The molecule has 14 heavy (non-hydrogen) atoms. The van der Waals surface area contributed by atoms with Gasteiger partial charge in [-0.2, -0.15) is 0 Å². The Morgan fingerprint density at radius 2 is 1.57 bits per heavy atom. The molecule has 0 fully saturated rings. The average molecular weight is 200 g/mol. The highest BCUT2D eigenvalue weighted by molar-refractivity contribution is 7.80. The van der Waals surface area contributed by atoms with Crippen molar-refractivity contribution in [1.29, 1.82) is 0 Å². The van der Waals surface area contributed by atoms with Gasteiger partial charge >= 0.3 is 0 Å². The first-order chi connectivity index (χ1) is 6.77. The molecule has 2 rings (SSSR count). The van der Waals surface area contributed by atoms with E-state index in [2.05, 4.69) is 56.0 Å². The fourth-order valence-corrected chi connectivity index (χ4v) is 1.60. The highest BCUT2D eigenvalue weighted by Crippen LogP contribution is 2.23. The number of hydrogen-bond acceptors (Lipinski definition) is 1. The van der Waals surface area contributed by atoms with Crippen LogP contribution >= 0.6 is 12.6 Å². The first-order valence-electron chi connectivity index (χ1n) is 4.62. The number of aryl methyl sites for hydroxylation is 1. The zero-order valence-electron chi connectivity index (χ0n) is 8.07. The van der Waals surface area contributed by atoms with Gasteiger partial charge in [0.25, 0.3) is 0 Å². The van der Waals surface area contributed by atoms with Crippen LogP contribution in [0, 0.1) is 6.92 Å². The number of rotatable bonds is 1. The fraction of sp³-hybridized carbons (Fsp3) is 0.0769. The minimum atomic E-state index is 1.05. The maximum absolute atomic E-state index is 4.36. The standard InChI is InChI=1S/C13H12S/c1-10-9-12(7-8-13(10)14)11-5-3-2-4-6-11/h2-9,14H,1H3. The second-order valence-corrected chi connectivity index (χ2v) is 3.85. The summed E-state index contributed by atoms with van der Waals surface area (Å²) in [6.07, 6.45) is 0. The molecule has 0 saturated carbocycles. The SMILES string of the molecule is Cc1cc(-c2ccccc2)ccc1S. The predicted molar refractivity (Wildman–Crippen MR) is 63.9 cm³/mol. The van der Waals surface area contributed by atoms with Crippen molar-refractivity contribution in [3.63, 3.8) is 0 Å². The van der Waals surface area contributed by atoms with E-state index in [-0.39, 0.29) is 0 Å². The van der Waals surface area contributed by atoms with E-state index in [1.807, 2.05) is 12.1 Å². The molecule has 0 saturated heterocycles. The van der Waals surface area contributed by atoms with Crippen molar-refractivity contribution in [3.05, 3.63) is 54.1 Å². The summed E-state index contributed by atoms with van der Waals surface area (Å²) in [6, 6.07) is 16.7. The third-order valence-corrected chi connectivity index (χ3v) is 2.81. The van der Waals surface area contributed by atoms with Gasteiger partial charge in [-0.1, -0.05) is 42.5 Å². The summed E-state index contributed by atoms with van der Waals surface area (Å²) < 4.78 is 0. The largest absolute Gasteiger partial charge is 0.143 e. The third-order valence-electron chi connectivity index (χ3n) is 2.30. The van der Waals surface area contributed by atoms with Gasteiger partial charge in [0.05, 0.1) is 0 Å². The van der Waals surface area contributed by atoms with E-state index >= 15 is 0 Å². The maximum Gasteiger partial charge on any atom is 0.00696 e. The first-order valence-corrected chi connectivity index (χ1v) is 5.07. The molecular weight excluding hydrogens is 188 g/mol. The van der Waals surface area contributed by atoms with Crippen LogP contribution in [0.25, 0.3) is 11.1 Å². The summed E-state index contributed by atoms with van der Waals surface area (Å²) in [5, 5.41) is 0. The van der Waals surface area contributed by atoms with Crippen molar-refractivity contribution in [2.24, 2.45) is 0 Å². The second-order valence-electron chi connectivity index (χ2n) is 3.37. The Labute approximate surface area is 90.0 Å². The topological polar surface area (TPSA) is 0 Å². The van der Waals surface area contributed by atoms with E-state index in [0.29, 0.717) is 0 Å². The van der Waals surface area contributed by atoms with Crippen LogP contribution in [-0.4, -0.2) is 0 Å². The monoisotopic (exact) mass is 200 g/mol. The molecule has 0 radical (unpaired) electrons. The van der Waals surface area contributed by atoms with Crippen LogP contribution in [0.4, 0.5) is 0 Å². The molecule has 0 atom stereocenters. The zero-order valence-corrected chi connectivity index (χ0v) is 8.96. The number of benzene rings is 2. The van der Waals surface area contributed by atoms with Gasteiger partial charge in [-0.05, 0) is 29.7 Å². The van der Waals surface area contributed by atoms with E-state index in [0.717, 1.165) is 4.90 Å². The molecule has 2 aromatic rings. The van der Waals surface area contributed by atoms with Crippen molar-refractivity contribution in [2.75, 3.05) is 0 Å². The van der Waals surface area contributed by atoms with Crippen molar-refractivity contribution >= 4 is 12.6 Å². The number of thiol groups is 1. The van der Waals surface area contributed by atoms with Crippen LogP contribution in [0.5, 0.6) is 0 Å². The molecule has 0 aliphatic rings. The van der Waals surface area contributed by atoms with Gasteiger partial charge in [0, 0.05) is 4.90 Å². The zero-order chi connectivity index (χ0) is 9.97. The molecule has 0 N–H and O–H groups in total. The molecule has 0 aliphatic heterocycles. The summed E-state index contributed by atoms with van der Waals surface area (Å²) in [6.45, 7) is 2.08. The Morgan fingerprint density at radius 1 is 0.857 bits per heavy atom. The summed E-state index contributed by atoms with van der Waals surface area (Å²) in [5.41, 5.74) is 3.72. The molecule has 0 spiro atoms. The molecule has 2 aromatic carbocycles. The molecule has 70 valence electrons. The lowest BCUT2D eigenvalue weighted by Crippen LogP contribution is -1.80. The lowest BCUT2D eigenvalue weighted by Gasteiger charge is -2.04. The van der Waals surface area contributed by atoms with Crippen LogP contribution in [0.2, 0.25) is 0 Å². The highest BCUT2D eigenvalue weighted by atomic mass is 32.1. The Morgan fingerprint density at radius 3 is 2.21 bits per heavy atom. The third kappa shape index (κ3) is 1.83. The molecule has 0 heterocycles. The summed E-state index contributed by atoms with van der Waals surface area (Å²) >= 11 is 4.36.